The molecule has 80 valence electrons. The summed E-state index contributed by atoms with van der Waals surface area (Å²) in [5, 5.41) is 3.32. The third-order valence-electron chi connectivity index (χ3n) is 3.24. The predicted octanol–water partition coefficient (Wildman–Crippen LogP) is 0.318. The number of esters is 1. The van der Waals surface area contributed by atoms with Crippen LogP contribution in [0.25, 0.3) is 0 Å². The van der Waals surface area contributed by atoms with Crippen molar-refractivity contribution in [2.45, 2.75) is 24.9 Å². The van der Waals surface area contributed by atoms with Crippen LogP contribution in [-0.4, -0.2) is 38.4 Å². The van der Waals surface area contributed by atoms with Gasteiger partial charge >= 0.3 is 5.97 Å². The Balaban J connectivity index is 1.95. The summed E-state index contributed by atoms with van der Waals surface area (Å²) in [6.07, 6.45) is 2.68. The molecule has 2 rings (SSSR count). The van der Waals surface area contributed by atoms with Crippen molar-refractivity contribution < 1.29 is 14.3 Å². The van der Waals surface area contributed by atoms with Gasteiger partial charge in [-0.25, -0.2) is 0 Å². The summed E-state index contributed by atoms with van der Waals surface area (Å²) in [4.78, 5) is 11.3. The molecule has 0 aromatic rings. The Labute approximate surface area is 84.0 Å². The SMILES string of the molecule is COC(=O)[C@@H]1CC[C@]2(CNCCO2)C1. The number of nitrogens with one attached hydrogen (secondary N) is 1. The first-order valence-electron chi connectivity index (χ1n) is 5.18. The number of ether oxygens (including phenoxy) is 2. The summed E-state index contributed by atoms with van der Waals surface area (Å²) >= 11 is 0. The highest BCUT2D eigenvalue weighted by molar-refractivity contribution is 5.72. The van der Waals surface area contributed by atoms with Gasteiger partial charge in [-0.2, -0.15) is 0 Å². The molecule has 1 aliphatic carbocycles. The lowest BCUT2D eigenvalue weighted by atomic mass is 9.99. The Hall–Kier alpha value is -0.610. The summed E-state index contributed by atoms with van der Waals surface area (Å²) in [6.45, 7) is 2.55. The fraction of sp³-hybridized carbons (Fsp3) is 0.900. The van der Waals surface area contributed by atoms with E-state index in [0.717, 1.165) is 39.0 Å². The lowest BCUT2D eigenvalue weighted by Gasteiger charge is -2.34. The second kappa shape index (κ2) is 3.87. The zero-order valence-electron chi connectivity index (χ0n) is 8.54. The van der Waals surface area contributed by atoms with Crippen LogP contribution < -0.4 is 5.32 Å². The van der Waals surface area contributed by atoms with E-state index in [0.29, 0.717) is 0 Å². The van der Waals surface area contributed by atoms with Crippen LogP contribution in [0.5, 0.6) is 0 Å². The maximum absolute atomic E-state index is 11.3. The minimum atomic E-state index is -0.0870. The van der Waals surface area contributed by atoms with Crippen LogP contribution in [0.15, 0.2) is 0 Å². The molecule has 1 saturated carbocycles. The second-order valence-electron chi connectivity index (χ2n) is 4.17. The largest absolute Gasteiger partial charge is 0.469 e. The molecule has 1 N–H and O–H groups in total. The number of hydrogen-bond acceptors (Lipinski definition) is 4. The first kappa shape index (κ1) is 9.93. The highest BCUT2D eigenvalue weighted by Gasteiger charge is 2.44. The van der Waals surface area contributed by atoms with Crippen LogP contribution in [0.2, 0.25) is 0 Å². The van der Waals surface area contributed by atoms with E-state index in [1.54, 1.807) is 0 Å². The summed E-state index contributed by atoms with van der Waals surface area (Å²) in [7, 11) is 1.45. The van der Waals surface area contributed by atoms with Gasteiger partial charge in [0.05, 0.1) is 25.2 Å². The Morgan fingerprint density at radius 3 is 3.14 bits per heavy atom. The number of morpholine rings is 1. The molecule has 0 amide bonds. The van der Waals surface area contributed by atoms with E-state index in [1.807, 2.05) is 0 Å². The van der Waals surface area contributed by atoms with Crippen molar-refractivity contribution in [2.24, 2.45) is 5.92 Å². The quantitative estimate of drug-likeness (QED) is 0.618. The van der Waals surface area contributed by atoms with E-state index >= 15 is 0 Å². The fourth-order valence-corrected chi connectivity index (χ4v) is 2.46. The van der Waals surface area contributed by atoms with Gasteiger partial charge in [-0.15, -0.1) is 0 Å². The lowest BCUT2D eigenvalue weighted by molar-refractivity contribution is -0.146. The Morgan fingerprint density at radius 2 is 2.50 bits per heavy atom. The predicted molar refractivity (Wildman–Crippen MR) is 50.9 cm³/mol. The molecule has 14 heavy (non-hydrogen) atoms. The van der Waals surface area contributed by atoms with Gasteiger partial charge in [0.1, 0.15) is 0 Å². The second-order valence-corrected chi connectivity index (χ2v) is 4.17. The minimum absolute atomic E-state index is 0.0416. The normalized spacial score (nSPS) is 37.4. The van der Waals surface area contributed by atoms with Crippen molar-refractivity contribution in [1.29, 1.82) is 0 Å². The van der Waals surface area contributed by atoms with Gasteiger partial charge in [0.2, 0.25) is 0 Å². The zero-order chi connectivity index (χ0) is 10.0. The van der Waals surface area contributed by atoms with Crippen molar-refractivity contribution in [3.8, 4) is 0 Å². The van der Waals surface area contributed by atoms with Gasteiger partial charge in [-0.3, -0.25) is 4.79 Å². The molecule has 1 heterocycles. The molecule has 0 unspecified atom stereocenters. The van der Waals surface area contributed by atoms with E-state index in [4.69, 9.17) is 9.47 Å². The average Bonchev–Trinajstić information content (AvgIpc) is 2.62. The molecular formula is C10H17NO3. The molecule has 2 aliphatic rings. The molecule has 0 radical (unpaired) electrons. The van der Waals surface area contributed by atoms with Crippen molar-refractivity contribution >= 4 is 5.97 Å². The molecule has 1 spiro atoms. The summed E-state index contributed by atoms with van der Waals surface area (Å²) < 4.78 is 10.5. The standard InChI is InChI=1S/C10H17NO3/c1-13-9(12)8-2-3-10(6-8)7-11-4-5-14-10/h8,11H,2-7H2,1H3/t8-,10-/m1/s1. The third kappa shape index (κ3) is 1.77. The van der Waals surface area contributed by atoms with Crippen LogP contribution in [0.4, 0.5) is 0 Å². The van der Waals surface area contributed by atoms with Crippen molar-refractivity contribution in [3.05, 3.63) is 0 Å². The molecule has 2 atom stereocenters. The van der Waals surface area contributed by atoms with Gasteiger partial charge < -0.3 is 14.8 Å². The lowest BCUT2D eigenvalue weighted by Crippen LogP contribution is -2.48. The topological polar surface area (TPSA) is 47.6 Å². The number of methoxy groups -OCH3 is 1. The molecule has 4 nitrogen and oxygen atoms in total. The molecule has 4 heteroatoms. The summed E-state index contributed by atoms with van der Waals surface area (Å²) in [5.41, 5.74) is -0.0862. The number of rotatable bonds is 1. The maximum Gasteiger partial charge on any atom is 0.308 e. The van der Waals surface area contributed by atoms with E-state index in [9.17, 15) is 4.79 Å². The number of carbonyl (C=O) groups is 1. The number of hydrogen-bond donors (Lipinski definition) is 1. The van der Waals surface area contributed by atoms with E-state index < -0.39 is 0 Å². The van der Waals surface area contributed by atoms with Crippen LogP contribution in [0, 0.1) is 5.92 Å². The molecule has 0 bridgehead atoms. The van der Waals surface area contributed by atoms with Gasteiger partial charge in [0.25, 0.3) is 0 Å². The molecular weight excluding hydrogens is 182 g/mol. The summed E-state index contributed by atoms with van der Waals surface area (Å²) in [5.74, 6) is -0.0454. The number of carbonyl (C=O) groups excluding carboxylic acids is 1. The first-order chi connectivity index (χ1) is 6.76. The fourth-order valence-electron chi connectivity index (χ4n) is 2.46. The van der Waals surface area contributed by atoms with Crippen LogP contribution in [0.1, 0.15) is 19.3 Å². The average molecular weight is 199 g/mol. The first-order valence-corrected chi connectivity index (χ1v) is 5.18. The monoisotopic (exact) mass is 199 g/mol. The molecule has 0 aromatic heterocycles. The van der Waals surface area contributed by atoms with Crippen LogP contribution in [0.3, 0.4) is 0 Å². The van der Waals surface area contributed by atoms with Crippen molar-refractivity contribution in [3.63, 3.8) is 0 Å². The summed E-state index contributed by atoms with van der Waals surface area (Å²) in [6, 6.07) is 0. The van der Waals surface area contributed by atoms with Crippen LogP contribution >= 0.6 is 0 Å². The van der Waals surface area contributed by atoms with E-state index in [-0.39, 0.29) is 17.5 Å². The van der Waals surface area contributed by atoms with Gasteiger partial charge in [0, 0.05) is 13.1 Å². The smallest absolute Gasteiger partial charge is 0.308 e. The zero-order valence-corrected chi connectivity index (χ0v) is 8.54. The molecule has 1 saturated heterocycles. The molecule has 0 aromatic carbocycles. The molecule has 1 aliphatic heterocycles. The van der Waals surface area contributed by atoms with E-state index in [2.05, 4.69) is 5.32 Å². The third-order valence-corrected chi connectivity index (χ3v) is 3.24. The van der Waals surface area contributed by atoms with Crippen molar-refractivity contribution in [1.82, 2.24) is 5.32 Å². The van der Waals surface area contributed by atoms with Gasteiger partial charge in [0.15, 0.2) is 0 Å². The van der Waals surface area contributed by atoms with Crippen molar-refractivity contribution in [2.75, 3.05) is 26.8 Å². The minimum Gasteiger partial charge on any atom is -0.469 e. The highest BCUT2D eigenvalue weighted by atomic mass is 16.5. The Kier molecular flexibility index (Phi) is 2.74. The highest BCUT2D eigenvalue weighted by Crippen LogP contribution is 2.38. The van der Waals surface area contributed by atoms with Gasteiger partial charge in [-0.1, -0.05) is 0 Å². The Bertz CT molecular complexity index is 223. The van der Waals surface area contributed by atoms with E-state index in [1.165, 1.54) is 7.11 Å². The molecule has 2 fully saturated rings. The maximum atomic E-state index is 11.3. The van der Waals surface area contributed by atoms with Crippen LogP contribution in [-0.2, 0) is 14.3 Å². The Morgan fingerprint density at radius 1 is 1.64 bits per heavy atom. The van der Waals surface area contributed by atoms with Gasteiger partial charge in [-0.05, 0) is 19.3 Å².